The molecule has 12 heteroatoms. The number of carbonyl (C=O) groups excluding carboxylic acids is 1. The van der Waals surface area contributed by atoms with Gasteiger partial charge in [-0.2, -0.15) is 5.10 Å². The Hall–Kier alpha value is -3.28. The van der Waals surface area contributed by atoms with E-state index in [1.807, 2.05) is 0 Å². The third-order valence-electron chi connectivity index (χ3n) is 4.88. The second-order valence-corrected chi connectivity index (χ2v) is 10.6. The highest BCUT2D eigenvalue weighted by atomic mass is 79.9. The molecule has 0 fully saturated rings. The quantitative estimate of drug-likeness (QED) is 0.234. The van der Waals surface area contributed by atoms with E-state index in [9.17, 15) is 18.3 Å². The first kappa shape index (κ1) is 28.3. The van der Waals surface area contributed by atoms with Crippen LogP contribution in [0.2, 0.25) is 5.02 Å². The summed E-state index contributed by atoms with van der Waals surface area (Å²) in [5, 5.41) is 14.4. The molecule has 3 aromatic rings. The molecule has 0 spiro atoms. The molecule has 196 valence electrons. The molecular weight excluding hydrogens is 586 g/mol. The van der Waals surface area contributed by atoms with Crippen LogP contribution in [-0.2, 0) is 14.8 Å². The zero-order valence-electron chi connectivity index (χ0n) is 20.0. The highest BCUT2D eigenvalue weighted by Gasteiger charge is 2.29. The van der Waals surface area contributed by atoms with Gasteiger partial charge in [0, 0.05) is 5.02 Å². The number of anilines is 1. The van der Waals surface area contributed by atoms with Crippen LogP contribution in [0.5, 0.6) is 17.2 Å². The Bertz CT molecular complexity index is 1380. The Morgan fingerprint density at radius 3 is 2.41 bits per heavy atom. The maximum absolute atomic E-state index is 13.6. The van der Waals surface area contributed by atoms with Crippen LogP contribution in [0.3, 0.4) is 0 Å². The summed E-state index contributed by atoms with van der Waals surface area (Å²) in [5.74, 6) is -0.198. The summed E-state index contributed by atoms with van der Waals surface area (Å²) in [5.41, 5.74) is 3.07. The molecule has 3 rings (SSSR count). The van der Waals surface area contributed by atoms with Crippen molar-refractivity contribution in [1.29, 1.82) is 0 Å². The van der Waals surface area contributed by atoms with Gasteiger partial charge < -0.3 is 14.6 Å². The number of ether oxygens (including phenoxy) is 2. The molecule has 1 amide bonds. The molecule has 0 aliphatic carbocycles. The number of amides is 1. The van der Waals surface area contributed by atoms with Crippen molar-refractivity contribution in [3.8, 4) is 17.2 Å². The van der Waals surface area contributed by atoms with Crippen molar-refractivity contribution >= 4 is 55.4 Å². The van der Waals surface area contributed by atoms with Crippen molar-refractivity contribution in [2.45, 2.75) is 18.7 Å². The van der Waals surface area contributed by atoms with Crippen molar-refractivity contribution < 1.29 is 27.8 Å². The minimum absolute atomic E-state index is 0.0445. The van der Waals surface area contributed by atoms with Gasteiger partial charge in [0.25, 0.3) is 15.9 Å². The predicted molar refractivity (Wildman–Crippen MR) is 146 cm³/mol. The Kier molecular flexibility index (Phi) is 9.79. The zero-order chi connectivity index (χ0) is 27.0. The Morgan fingerprint density at radius 1 is 1.08 bits per heavy atom. The number of rotatable bonds is 11. The summed E-state index contributed by atoms with van der Waals surface area (Å²) in [6.07, 6.45) is 1.34. The number of benzene rings is 3. The molecule has 3 aromatic carbocycles. The molecule has 9 nitrogen and oxygen atoms in total. The molecule has 0 heterocycles. The smallest absolute Gasteiger partial charge is 0.264 e. The van der Waals surface area contributed by atoms with E-state index in [1.165, 1.54) is 30.5 Å². The normalized spacial score (nSPS) is 11.4. The number of halogens is 2. The number of carbonyl (C=O) groups is 1. The highest BCUT2D eigenvalue weighted by Crippen LogP contribution is 2.35. The Balaban J connectivity index is 1.88. The molecular formula is C25H25BrClN3O6S. The summed E-state index contributed by atoms with van der Waals surface area (Å²) in [4.78, 5) is 12.8. The van der Waals surface area contributed by atoms with Crippen LogP contribution >= 0.6 is 27.5 Å². The minimum atomic E-state index is -4.17. The maximum Gasteiger partial charge on any atom is 0.264 e. The molecule has 0 saturated heterocycles. The topological polar surface area (TPSA) is 118 Å². The number of sulfonamides is 1. The van der Waals surface area contributed by atoms with Crippen LogP contribution in [0.25, 0.3) is 0 Å². The average molecular weight is 611 g/mol. The van der Waals surface area contributed by atoms with Crippen LogP contribution in [0.15, 0.2) is 75.1 Å². The molecule has 0 bridgehead atoms. The van der Waals surface area contributed by atoms with E-state index in [0.29, 0.717) is 34.0 Å². The van der Waals surface area contributed by atoms with Crippen molar-refractivity contribution in [3.63, 3.8) is 0 Å². The number of hydrogen-bond acceptors (Lipinski definition) is 7. The maximum atomic E-state index is 13.6. The van der Waals surface area contributed by atoms with E-state index in [-0.39, 0.29) is 22.1 Å². The van der Waals surface area contributed by atoms with Crippen LogP contribution < -0.4 is 19.2 Å². The molecule has 0 radical (unpaired) electrons. The average Bonchev–Trinajstić information content (AvgIpc) is 2.86. The van der Waals surface area contributed by atoms with Crippen molar-refractivity contribution in [2.75, 3.05) is 24.1 Å². The van der Waals surface area contributed by atoms with E-state index in [4.69, 9.17) is 21.1 Å². The molecule has 0 aliphatic heterocycles. The molecule has 0 atom stereocenters. The van der Waals surface area contributed by atoms with E-state index in [1.54, 1.807) is 50.2 Å². The SMILES string of the molecule is CCOc1ccccc1N(CC(=O)N/N=C\c1cc(Br)c(O)c(OCC)c1)S(=O)(=O)c1ccc(Cl)cc1. The first-order chi connectivity index (χ1) is 17.7. The molecule has 0 aromatic heterocycles. The fraction of sp³-hybridized carbons (Fsp3) is 0.200. The molecule has 0 saturated carbocycles. The lowest BCUT2D eigenvalue weighted by atomic mass is 10.2. The zero-order valence-corrected chi connectivity index (χ0v) is 23.2. The summed E-state index contributed by atoms with van der Waals surface area (Å²) < 4.78 is 39.5. The monoisotopic (exact) mass is 609 g/mol. The number of phenolic OH excluding ortho intramolecular Hbond substituents is 1. The summed E-state index contributed by atoms with van der Waals surface area (Å²) in [7, 11) is -4.17. The third kappa shape index (κ3) is 7.15. The van der Waals surface area contributed by atoms with Crippen LogP contribution in [-0.4, -0.2) is 45.4 Å². The van der Waals surface area contributed by atoms with Crippen molar-refractivity contribution in [2.24, 2.45) is 5.10 Å². The van der Waals surface area contributed by atoms with Crippen LogP contribution in [0.1, 0.15) is 19.4 Å². The lowest BCUT2D eigenvalue weighted by molar-refractivity contribution is -0.119. The molecule has 37 heavy (non-hydrogen) atoms. The van der Waals surface area contributed by atoms with Gasteiger partial charge in [0.1, 0.15) is 12.3 Å². The summed E-state index contributed by atoms with van der Waals surface area (Å²) >= 11 is 9.17. The van der Waals surface area contributed by atoms with Gasteiger partial charge in [-0.1, -0.05) is 23.7 Å². The Labute approximate surface area is 228 Å². The highest BCUT2D eigenvalue weighted by molar-refractivity contribution is 9.10. The van der Waals surface area contributed by atoms with Gasteiger partial charge in [-0.25, -0.2) is 13.8 Å². The van der Waals surface area contributed by atoms with Gasteiger partial charge in [0.05, 0.1) is 34.5 Å². The van der Waals surface area contributed by atoms with E-state index in [0.717, 1.165) is 4.31 Å². The van der Waals surface area contributed by atoms with Gasteiger partial charge >= 0.3 is 0 Å². The standard InChI is InChI=1S/C25H25BrClN3O6S/c1-3-35-22-8-6-5-7-21(22)30(37(33,34)19-11-9-18(27)10-12-19)16-24(31)29-28-15-17-13-20(26)25(32)23(14-17)36-4-2/h5-15,32H,3-4,16H2,1-2H3,(H,29,31)/b28-15-. The second kappa shape index (κ2) is 12.8. The van der Waals surface area contributed by atoms with Crippen LogP contribution in [0, 0.1) is 0 Å². The largest absolute Gasteiger partial charge is 0.503 e. The third-order valence-corrected chi connectivity index (χ3v) is 7.51. The van der Waals surface area contributed by atoms with E-state index in [2.05, 4.69) is 26.5 Å². The fourth-order valence-corrected chi connectivity index (χ4v) is 5.27. The van der Waals surface area contributed by atoms with Crippen molar-refractivity contribution in [3.05, 3.63) is 75.7 Å². The number of hydrazone groups is 1. The summed E-state index contributed by atoms with van der Waals surface area (Å²) in [6, 6.07) is 15.3. The van der Waals surface area contributed by atoms with Gasteiger partial charge in [-0.15, -0.1) is 0 Å². The number of aromatic hydroxyl groups is 1. The molecule has 2 N–H and O–H groups in total. The van der Waals surface area contributed by atoms with Gasteiger partial charge in [0.15, 0.2) is 11.5 Å². The van der Waals surface area contributed by atoms with Gasteiger partial charge in [-0.3, -0.25) is 9.10 Å². The minimum Gasteiger partial charge on any atom is -0.503 e. The van der Waals surface area contributed by atoms with Gasteiger partial charge in [0.2, 0.25) is 0 Å². The van der Waals surface area contributed by atoms with E-state index >= 15 is 0 Å². The van der Waals surface area contributed by atoms with Crippen LogP contribution in [0.4, 0.5) is 5.69 Å². The fourth-order valence-electron chi connectivity index (χ4n) is 3.25. The molecule has 0 unspecified atom stereocenters. The Morgan fingerprint density at radius 2 is 1.73 bits per heavy atom. The van der Waals surface area contributed by atoms with E-state index < -0.39 is 22.5 Å². The number of phenols is 1. The lowest BCUT2D eigenvalue weighted by Gasteiger charge is -2.25. The van der Waals surface area contributed by atoms with Gasteiger partial charge in [-0.05, 0) is 83.9 Å². The number of para-hydroxylation sites is 2. The first-order valence-electron chi connectivity index (χ1n) is 11.1. The predicted octanol–water partition coefficient (Wildman–Crippen LogP) is 4.95. The number of nitrogens with one attached hydrogen (secondary N) is 1. The number of hydrogen-bond donors (Lipinski definition) is 2. The second-order valence-electron chi connectivity index (χ2n) is 7.44. The molecule has 0 aliphatic rings. The lowest BCUT2D eigenvalue weighted by Crippen LogP contribution is -2.39. The first-order valence-corrected chi connectivity index (χ1v) is 13.8. The van der Waals surface area contributed by atoms with Crippen molar-refractivity contribution in [1.82, 2.24) is 5.43 Å². The number of nitrogens with zero attached hydrogens (tertiary/aromatic N) is 2. The summed E-state index contributed by atoms with van der Waals surface area (Å²) in [6.45, 7) is 3.62.